The van der Waals surface area contributed by atoms with Crippen LogP contribution in [0.2, 0.25) is 0 Å². The quantitative estimate of drug-likeness (QED) is 0.509. The number of aromatic nitrogens is 5. The molecule has 186 valence electrons. The normalized spacial score (nSPS) is 21.0. The summed E-state index contributed by atoms with van der Waals surface area (Å²) in [5.41, 5.74) is 3.15. The van der Waals surface area contributed by atoms with Crippen LogP contribution in [0.4, 0.5) is 5.82 Å². The largest absolute Gasteiger partial charge is 0.466 e. The summed E-state index contributed by atoms with van der Waals surface area (Å²) in [6.45, 7) is 7.14. The van der Waals surface area contributed by atoms with Crippen LogP contribution in [0.15, 0.2) is 6.20 Å². The third-order valence-corrected chi connectivity index (χ3v) is 6.47. The first-order valence-electron chi connectivity index (χ1n) is 12.5. The predicted octanol–water partition coefficient (Wildman–Crippen LogP) is 3.05. The zero-order valence-electron chi connectivity index (χ0n) is 20.5. The van der Waals surface area contributed by atoms with Gasteiger partial charge in [0, 0.05) is 26.7 Å². The van der Waals surface area contributed by atoms with E-state index in [4.69, 9.17) is 24.2 Å². The maximum absolute atomic E-state index is 12.0. The molecule has 4 rings (SSSR count). The Hall–Kier alpha value is -2.59. The van der Waals surface area contributed by atoms with E-state index in [0.29, 0.717) is 31.0 Å². The van der Waals surface area contributed by atoms with Crippen LogP contribution in [0, 0.1) is 5.92 Å². The van der Waals surface area contributed by atoms with Crippen LogP contribution in [0.25, 0.3) is 11.4 Å². The molecule has 2 aromatic rings. The van der Waals surface area contributed by atoms with E-state index >= 15 is 0 Å². The number of nitrogens with zero attached hydrogens (tertiary/aromatic N) is 6. The van der Waals surface area contributed by atoms with E-state index in [9.17, 15) is 4.79 Å². The molecule has 10 nitrogen and oxygen atoms in total. The Kier molecular flexibility index (Phi) is 8.44. The highest BCUT2D eigenvalue weighted by Crippen LogP contribution is 2.29. The van der Waals surface area contributed by atoms with Gasteiger partial charge >= 0.3 is 5.97 Å². The summed E-state index contributed by atoms with van der Waals surface area (Å²) in [5.74, 6) is 1.03. The molecule has 2 atom stereocenters. The smallest absolute Gasteiger partial charge is 0.306 e. The van der Waals surface area contributed by atoms with Crippen molar-refractivity contribution in [1.82, 2.24) is 25.0 Å². The second-order valence-corrected chi connectivity index (χ2v) is 8.96. The number of rotatable bonds is 9. The van der Waals surface area contributed by atoms with Crippen LogP contribution in [0.5, 0.6) is 0 Å². The molecule has 34 heavy (non-hydrogen) atoms. The molecule has 0 spiro atoms. The van der Waals surface area contributed by atoms with E-state index in [1.165, 1.54) is 0 Å². The first-order chi connectivity index (χ1) is 16.6. The van der Waals surface area contributed by atoms with Crippen LogP contribution >= 0.6 is 0 Å². The zero-order valence-corrected chi connectivity index (χ0v) is 20.5. The standard InChI is InChI=1S/C24H36N6O4/c1-4-18-24(30-11-8-9-17(15-30)13-21(31)32-5-2)25-14-19(26-18)23-20(29(3)28-27-23)16-34-22-10-6-7-12-33-22/h14,17,22H,4-13,15-16H2,1-3H3/t17-,22?/m1/s1. The molecule has 1 unspecified atom stereocenters. The summed E-state index contributed by atoms with van der Waals surface area (Å²) in [6, 6.07) is 0. The Bertz CT molecular complexity index is 959. The van der Waals surface area contributed by atoms with E-state index in [1.807, 2.05) is 14.0 Å². The molecule has 0 aromatic carbocycles. The molecule has 0 amide bonds. The molecule has 0 radical (unpaired) electrons. The minimum absolute atomic E-state index is 0.123. The molecular formula is C24H36N6O4. The topological polar surface area (TPSA) is 104 Å². The Morgan fingerprint density at radius 1 is 1.24 bits per heavy atom. The Morgan fingerprint density at radius 3 is 2.88 bits per heavy atom. The SMILES string of the molecule is CCOC(=O)C[C@H]1CCCN(c2ncc(-c3nnn(C)c3COC3CCCCO3)nc2CC)C1. The van der Waals surface area contributed by atoms with Crippen molar-refractivity contribution in [2.24, 2.45) is 13.0 Å². The van der Waals surface area contributed by atoms with Crippen molar-refractivity contribution in [2.45, 2.75) is 71.7 Å². The number of anilines is 1. The summed E-state index contributed by atoms with van der Waals surface area (Å²) in [6.07, 6.45) is 7.93. The summed E-state index contributed by atoms with van der Waals surface area (Å²) in [5, 5.41) is 8.56. The van der Waals surface area contributed by atoms with Gasteiger partial charge in [-0.15, -0.1) is 5.10 Å². The maximum atomic E-state index is 12.0. The van der Waals surface area contributed by atoms with E-state index in [-0.39, 0.29) is 18.2 Å². The minimum atomic E-state index is -0.183. The number of hydrogen-bond acceptors (Lipinski definition) is 9. The first-order valence-corrected chi connectivity index (χ1v) is 12.5. The highest BCUT2D eigenvalue weighted by Gasteiger charge is 2.26. The van der Waals surface area contributed by atoms with Gasteiger partial charge in [-0.25, -0.2) is 14.6 Å². The first kappa shape index (κ1) is 24.5. The molecular weight excluding hydrogens is 436 g/mol. The molecule has 2 aliphatic rings. The number of ether oxygens (including phenoxy) is 3. The van der Waals surface area contributed by atoms with Crippen molar-refractivity contribution >= 4 is 11.8 Å². The molecule has 10 heteroatoms. The lowest BCUT2D eigenvalue weighted by molar-refractivity contribution is -0.169. The number of aryl methyl sites for hydroxylation is 2. The van der Waals surface area contributed by atoms with Gasteiger partial charge < -0.3 is 19.1 Å². The van der Waals surface area contributed by atoms with Crippen LogP contribution in [-0.2, 0) is 39.1 Å². The predicted molar refractivity (Wildman–Crippen MR) is 126 cm³/mol. The summed E-state index contributed by atoms with van der Waals surface area (Å²) < 4.78 is 18.6. The molecule has 2 saturated heterocycles. The van der Waals surface area contributed by atoms with E-state index in [2.05, 4.69) is 22.1 Å². The Morgan fingerprint density at radius 2 is 2.12 bits per heavy atom. The molecule has 2 aromatic heterocycles. The molecule has 0 N–H and O–H groups in total. The molecule has 4 heterocycles. The number of esters is 1. The van der Waals surface area contributed by atoms with Crippen molar-refractivity contribution in [1.29, 1.82) is 0 Å². The van der Waals surface area contributed by atoms with Crippen molar-refractivity contribution in [3.05, 3.63) is 17.6 Å². The van der Waals surface area contributed by atoms with E-state index < -0.39 is 0 Å². The fraction of sp³-hybridized carbons (Fsp3) is 0.708. The second-order valence-electron chi connectivity index (χ2n) is 8.96. The molecule has 2 fully saturated rings. The third-order valence-electron chi connectivity index (χ3n) is 6.47. The summed E-state index contributed by atoms with van der Waals surface area (Å²) in [7, 11) is 1.86. The van der Waals surface area contributed by atoms with Crippen LogP contribution < -0.4 is 4.90 Å². The van der Waals surface area contributed by atoms with Gasteiger partial charge in [-0.2, -0.15) is 0 Å². The van der Waals surface area contributed by atoms with Gasteiger partial charge in [-0.1, -0.05) is 12.1 Å². The van der Waals surface area contributed by atoms with Gasteiger partial charge in [0.2, 0.25) is 0 Å². The number of hydrogen-bond donors (Lipinski definition) is 0. The minimum Gasteiger partial charge on any atom is -0.466 e. The fourth-order valence-electron chi connectivity index (χ4n) is 4.67. The Labute approximate surface area is 201 Å². The highest BCUT2D eigenvalue weighted by atomic mass is 16.7. The lowest BCUT2D eigenvalue weighted by atomic mass is 9.94. The second kappa shape index (κ2) is 11.7. The highest BCUT2D eigenvalue weighted by molar-refractivity contribution is 5.69. The van der Waals surface area contributed by atoms with Crippen molar-refractivity contribution in [3.63, 3.8) is 0 Å². The van der Waals surface area contributed by atoms with Crippen molar-refractivity contribution < 1.29 is 19.0 Å². The molecule has 2 aliphatic heterocycles. The van der Waals surface area contributed by atoms with Crippen LogP contribution in [0.3, 0.4) is 0 Å². The number of piperidine rings is 1. The zero-order chi connectivity index (χ0) is 23.9. The van der Waals surface area contributed by atoms with Crippen LogP contribution in [-0.4, -0.2) is 63.5 Å². The monoisotopic (exact) mass is 472 g/mol. The van der Waals surface area contributed by atoms with Crippen molar-refractivity contribution in [3.8, 4) is 11.4 Å². The van der Waals surface area contributed by atoms with E-state index in [0.717, 1.165) is 75.4 Å². The number of carbonyl (C=O) groups is 1. The lowest BCUT2D eigenvalue weighted by Crippen LogP contribution is -2.37. The van der Waals surface area contributed by atoms with Gasteiger partial charge in [0.1, 0.15) is 17.2 Å². The van der Waals surface area contributed by atoms with E-state index in [1.54, 1.807) is 10.9 Å². The maximum Gasteiger partial charge on any atom is 0.306 e. The van der Waals surface area contributed by atoms with Gasteiger partial charge in [-0.05, 0) is 51.4 Å². The molecule has 0 aliphatic carbocycles. The average Bonchev–Trinajstić information content (AvgIpc) is 3.23. The van der Waals surface area contributed by atoms with Gasteiger partial charge in [-0.3, -0.25) is 4.79 Å². The van der Waals surface area contributed by atoms with Crippen LogP contribution in [0.1, 0.15) is 63.8 Å². The third kappa shape index (κ3) is 5.90. The lowest BCUT2D eigenvalue weighted by Gasteiger charge is -2.34. The van der Waals surface area contributed by atoms with Gasteiger partial charge in [0.15, 0.2) is 6.29 Å². The fourth-order valence-corrected chi connectivity index (χ4v) is 4.67. The molecule has 0 saturated carbocycles. The van der Waals surface area contributed by atoms with Crippen molar-refractivity contribution in [2.75, 3.05) is 31.2 Å². The number of carbonyl (C=O) groups excluding carboxylic acids is 1. The Balaban J connectivity index is 1.49. The summed E-state index contributed by atoms with van der Waals surface area (Å²) >= 11 is 0. The molecule has 0 bridgehead atoms. The van der Waals surface area contributed by atoms with Gasteiger partial charge in [0.05, 0.1) is 37.2 Å². The average molecular weight is 473 g/mol. The summed E-state index contributed by atoms with van der Waals surface area (Å²) in [4.78, 5) is 23.9. The van der Waals surface area contributed by atoms with Gasteiger partial charge in [0.25, 0.3) is 0 Å².